The Bertz CT molecular complexity index is 794. The number of amides is 2. The molecule has 0 radical (unpaired) electrons. The summed E-state index contributed by atoms with van der Waals surface area (Å²) >= 11 is 0. The number of urea groups is 1. The first-order chi connectivity index (χ1) is 13.7. The lowest BCUT2D eigenvalue weighted by Crippen LogP contribution is -2.50. The molecule has 28 heavy (non-hydrogen) atoms. The van der Waals surface area contributed by atoms with Crippen LogP contribution < -0.4 is 19.9 Å². The molecular weight excluding hydrogens is 352 g/mol. The molecule has 4 rings (SSSR count). The summed E-state index contributed by atoms with van der Waals surface area (Å²) in [6.07, 6.45) is 2.53. The van der Waals surface area contributed by atoms with Crippen LogP contribution in [0.3, 0.4) is 0 Å². The highest BCUT2D eigenvalue weighted by Gasteiger charge is 2.23. The van der Waals surface area contributed by atoms with Crippen molar-refractivity contribution >= 4 is 23.1 Å². The van der Waals surface area contributed by atoms with Gasteiger partial charge in [0.2, 0.25) is 0 Å². The maximum atomic E-state index is 12.6. The van der Waals surface area contributed by atoms with Crippen molar-refractivity contribution in [2.24, 2.45) is 0 Å². The van der Waals surface area contributed by atoms with Gasteiger partial charge in [0.05, 0.1) is 12.8 Å². The molecule has 0 spiro atoms. The maximum absolute atomic E-state index is 12.6. The van der Waals surface area contributed by atoms with Gasteiger partial charge in [0, 0.05) is 50.6 Å². The van der Waals surface area contributed by atoms with Crippen molar-refractivity contribution in [3.63, 3.8) is 0 Å². The summed E-state index contributed by atoms with van der Waals surface area (Å²) in [4.78, 5) is 19.2. The van der Waals surface area contributed by atoms with Crippen LogP contribution in [0.5, 0.6) is 5.75 Å². The summed E-state index contributed by atoms with van der Waals surface area (Å²) < 4.78 is 5.46. The van der Waals surface area contributed by atoms with Gasteiger partial charge in [0.25, 0.3) is 0 Å². The number of hydrogen-bond donors (Lipinski definition) is 1. The van der Waals surface area contributed by atoms with Crippen molar-refractivity contribution in [3.05, 3.63) is 48.5 Å². The zero-order chi connectivity index (χ0) is 19.3. The minimum absolute atomic E-state index is 0.0337. The summed E-state index contributed by atoms with van der Waals surface area (Å²) in [7, 11) is 1.69. The molecule has 2 aromatic carbocycles. The predicted molar refractivity (Wildman–Crippen MR) is 114 cm³/mol. The maximum Gasteiger partial charge on any atom is 0.321 e. The molecular formula is C22H28N4O2. The lowest BCUT2D eigenvalue weighted by molar-refractivity contribution is 0.208. The Labute approximate surface area is 166 Å². The quantitative estimate of drug-likeness (QED) is 0.880. The number of benzene rings is 2. The first-order valence-corrected chi connectivity index (χ1v) is 10.0. The van der Waals surface area contributed by atoms with Crippen LogP contribution in [0.1, 0.15) is 12.8 Å². The minimum atomic E-state index is -0.0337. The van der Waals surface area contributed by atoms with E-state index in [-0.39, 0.29) is 6.03 Å². The van der Waals surface area contributed by atoms with Crippen LogP contribution in [0.2, 0.25) is 0 Å². The lowest BCUT2D eigenvalue weighted by Gasteiger charge is -2.36. The fraction of sp³-hybridized carbons (Fsp3) is 0.409. The summed E-state index contributed by atoms with van der Waals surface area (Å²) in [6.45, 7) is 5.22. The molecule has 0 unspecified atom stereocenters. The standard InChI is InChI=1S/C22H28N4O2/c1-28-21-7-3-2-6-20(21)25-14-16-26(17-15-25)22(27)23-18-8-10-19(11-9-18)24-12-4-5-13-24/h2-3,6-11H,4-5,12-17H2,1H3,(H,23,27). The molecule has 0 aliphatic carbocycles. The average molecular weight is 380 g/mol. The Kier molecular flexibility index (Phi) is 5.55. The fourth-order valence-electron chi connectivity index (χ4n) is 3.97. The number of rotatable bonds is 4. The third-order valence-electron chi connectivity index (χ3n) is 5.58. The van der Waals surface area contributed by atoms with E-state index < -0.39 is 0 Å². The van der Waals surface area contributed by atoms with E-state index in [2.05, 4.69) is 33.3 Å². The number of carbonyl (C=O) groups is 1. The first kappa shape index (κ1) is 18.5. The number of nitrogens with zero attached hydrogens (tertiary/aromatic N) is 3. The molecule has 148 valence electrons. The van der Waals surface area contributed by atoms with E-state index in [0.29, 0.717) is 13.1 Å². The molecule has 2 aliphatic heterocycles. The summed E-state index contributed by atoms with van der Waals surface area (Å²) in [6, 6.07) is 16.2. The Morgan fingerprint density at radius 2 is 1.54 bits per heavy atom. The van der Waals surface area contributed by atoms with Crippen LogP contribution in [0.15, 0.2) is 48.5 Å². The number of hydrogen-bond acceptors (Lipinski definition) is 4. The second-order valence-corrected chi connectivity index (χ2v) is 7.32. The largest absolute Gasteiger partial charge is 0.495 e. The van der Waals surface area contributed by atoms with Crippen molar-refractivity contribution in [2.45, 2.75) is 12.8 Å². The normalized spacial score (nSPS) is 17.0. The van der Waals surface area contributed by atoms with Crippen molar-refractivity contribution in [2.75, 3.05) is 61.5 Å². The van der Waals surface area contributed by atoms with Gasteiger partial charge in [-0.3, -0.25) is 0 Å². The number of methoxy groups -OCH3 is 1. The summed E-state index contributed by atoms with van der Waals surface area (Å²) in [5.74, 6) is 0.874. The van der Waals surface area contributed by atoms with Crippen molar-refractivity contribution in [1.82, 2.24) is 4.90 Å². The second-order valence-electron chi connectivity index (χ2n) is 7.32. The smallest absolute Gasteiger partial charge is 0.321 e. The fourth-order valence-corrected chi connectivity index (χ4v) is 3.97. The Hall–Kier alpha value is -2.89. The van der Waals surface area contributed by atoms with Crippen LogP contribution in [0.4, 0.5) is 21.9 Å². The van der Waals surface area contributed by atoms with E-state index in [9.17, 15) is 4.79 Å². The number of piperazine rings is 1. The lowest BCUT2D eigenvalue weighted by atomic mass is 10.2. The molecule has 2 saturated heterocycles. The van der Waals surface area contributed by atoms with Gasteiger partial charge in [-0.05, 0) is 49.2 Å². The third-order valence-corrected chi connectivity index (χ3v) is 5.58. The second kappa shape index (κ2) is 8.42. The van der Waals surface area contributed by atoms with Crippen molar-refractivity contribution in [3.8, 4) is 5.75 Å². The monoisotopic (exact) mass is 380 g/mol. The molecule has 6 nitrogen and oxygen atoms in total. The average Bonchev–Trinajstić information content (AvgIpc) is 3.29. The number of para-hydroxylation sites is 2. The molecule has 2 aromatic rings. The Balaban J connectivity index is 1.31. The molecule has 0 aromatic heterocycles. The zero-order valence-corrected chi connectivity index (χ0v) is 16.4. The SMILES string of the molecule is COc1ccccc1N1CCN(C(=O)Nc2ccc(N3CCCC3)cc2)CC1. The van der Waals surface area contributed by atoms with Gasteiger partial charge in [0.15, 0.2) is 0 Å². The van der Waals surface area contributed by atoms with Crippen LogP contribution in [0, 0.1) is 0 Å². The van der Waals surface area contributed by atoms with Gasteiger partial charge in [-0.1, -0.05) is 12.1 Å². The highest BCUT2D eigenvalue weighted by Crippen LogP contribution is 2.28. The molecule has 0 bridgehead atoms. The summed E-state index contributed by atoms with van der Waals surface area (Å²) in [5, 5.41) is 3.03. The highest BCUT2D eigenvalue weighted by molar-refractivity contribution is 5.89. The van der Waals surface area contributed by atoms with Gasteiger partial charge < -0.3 is 24.8 Å². The van der Waals surface area contributed by atoms with Gasteiger partial charge in [-0.2, -0.15) is 0 Å². The number of ether oxygens (including phenoxy) is 1. The Morgan fingerprint density at radius 3 is 2.21 bits per heavy atom. The van der Waals surface area contributed by atoms with Crippen LogP contribution in [-0.4, -0.2) is 57.3 Å². The molecule has 0 saturated carbocycles. The first-order valence-electron chi connectivity index (χ1n) is 10.0. The third kappa shape index (κ3) is 4.01. The Morgan fingerprint density at radius 1 is 0.857 bits per heavy atom. The van der Waals surface area contributed by atoms with E-state index in [1.54, 1.807) is 7.11 Å². The summed E-state index contributed by atoms with van der Waals surface area (Å²) in [5.41, 5.74) is 3.17. The van der Waals surface area contributed by atoms with E-state index in [4.69, 9.17) is 4.74 Å². The van der Waals surface area contributed by atoms with Gasteiger partial charge >= 0.3 is 6.03 Å². The molecule has 2 fully saturated rings. The van der Waals surface area contributed by atoms with Crippen molar-refractivity contribution < 1.29 is 9.53 Å². The molecule has 2 heterocycles. The zero-order valence-electron chi connectivity index (χ0n) is 16.4. The van der Waals surface area contributed by atoms with Crippen LogP contribution in [0.25, 0.3) is 0 Å². The molecule has 6 heteroatoms. The van der Waals surface area contributed by atoms with Crippen LogP contribution >= 0.6 is 0 Å². The van der Waals surface area contributed by atoms with Crippen LogP contribution in [-0.2, 0) is 0 Å². The van der Waals surface area contributed by atoms with E-state index in [1.165, 1.54) is 18.5 Å². The van der Waals surface area contributed by atoms with Gasteiger partial charge in [-0.15, -0.1) is 0 Å². The van der Waals surface area contributed by atoms with E-state index >= 15 is 0 Å². The highest BCUT2D eigenvalue weighted by atomic mass is 16.5. The number of anilines is 3. The molecule has 2 amide bonds. The number of carbonyl (C=O) groups excluding carboxylic acids is 1. The molecule has 0 atom stereocenters. The topological polar surface area (TPSA) is 48.1 Å². The minimum Gasteiger partial charge on any atom is -0.495 e. The van der Waals surface area contributed by atoms with Gasteiger partial charge in [-0.25, -0.2) is 4.79 Å². The van der Waals surface area contributed by atoms with Gasteiger partial charge in [0.1, 0.15) is 5.75 Å². The number of nitrogens with one attached hydrogen (secondary N) is 1. The predicted octanol–water partition coefficient (Wildman–Crippen LogP) is 3.65. The van der Waals surface area contributed by atoms with E-state index in [1.807, 2.05) is 35.2 Å². The van der Waals surface area contributed by atoms with E-state index in [0.717, 1.165) is 43.3 Å². The molecule has 1 N–H and O–H groups in total. The van der Waals surface area contributed by atoms with Crippen molar-refractivity contribution in [1.29, 1.82) is 0 Å². The molecule has 2 aliphatic rings.